The largest absolute Gasteiger partial charge is 0.379 e. The maximum Gasteiger partial charge on any atom is 0.208 e. The Morgan fingerprint density at radius 3 is 1.29 bits per heavy atom. The zero-order valence-corrected chi connectivity index (χ0v) is 17.5. The van der Waals surface area contributed by atoms with Gasteiger partial charge in [0.2, 0.25) is 11.6 Å². The second-order valence-electron chi connectivity index (χ2n) is 6.42. The van der Waals surface area contributed by atoms with Crippen LogP contribution < -0.4 is 0 Å². The normalized spacial score (nSPS) is 9.81. The van der Waals surface area contributed by atoms with E-state index in [0.717, 1.165) is 11.1 Å². The van der Waals surface area contributed by atoms with Crippen molar-refractivity contribution in [3.05, 3.63) is 71.8 Å². The lowest BCUT2D eigenvalue weighted by Gasteiger charge is -2.05. The molecular formula is C26H26O5. The molecule has 5 nitrogen and oxygen atoms in total. The first-order chi connectivity index (χ1) is 15.2. The van der Waals surface area contributed by atoms with Gasteiger partial charge in [-0.25, -0.2) is 0 Å². The monoisotopic (exact) mass is 418 g/mol. The van der Waals surface area contributed by atoms with Crippen LogP contribution in [0.5, 0.6) is 0 Å². The lowest BCUT2D eigenvalue weighted by Crippen LogP contribution is -2.12. The minimum absolute atomic E-state index is 0.152. The summed E-state index contributed by atoms with van der Waals surface area (Å²) in [5, 5.41) is 0. The highest BCUT2D eigenvalue weighted by atomic mass is 16.5. The first-order valence-electron chi connectivity index (χ1n) is 10.2. The fraction of sp³-hybridized carbons (Fsp3) is 0.308. The van der Waals surface area contributed by atoms with E-state index >= 15 is 0 Å². The number of ketones is 2. The Kier molecular flexibility index (Phi) is 12.1. The van der Waals surface area contributed by atoms with Crippen LogP contribution in [0.1, 0.15) is 24.0 Å². The topological polar surface area (TPSA) is 61.8 Å². The van der Waals surface area contributed by atoms with Crippen molar-refractivity contribution < 1.29 is 23.8 Å². The summed E-state index contributed by atoms with van der Waals surface area (Å²) in [5.41, 5.74) is 1.63. The summed E-state index contributed by atoms with van der Waals surface area (Å²) in [6, 6.07) is 18.7. The van der Waals surface area contributed by atoms with Gasteiger partial charge in [-0.05, 0) is 36.1 Å². The van der Waals surface area contributed by atoms with Crippen molar-refractivity contribution in [2.45, 2.75) is 12.8 Å². The molecule has 0 aliphatic carbocycles. The van der Waals surface area contributed by atoms with Crippen molar-refractivity contribution in [1.82, 2.24) is 0 Å². The van der Waals surface area contributed by atoms with Gasteiger partial charge in [-0.1, -0.05) is 48.2 Å². The van der Waals surface area contributed by atoms with Gasteiger partial charge < -0.3 is 14.2 Å². The number of hydrogen-bond acceptors (Lipinski definition) is 5. The maximum atomic E-state index is 11.7. The number of rotatable bonds is 12. The molecule has 160 valence electrons. The Bertz CT molecular complexity index is 837. The highest BCUT2D eigenvalue weighted by Crippen LogP contribution is 1.96. The molecule has 0 N–H and O–H groups in total. The van der Waals surface area contributed by atoms with Gasteiger partial charge in [0.05, 0.1) is 39.6 Å². The summed E-state index contributed by atoms with van der Waals surface area (Å²) in [7, 11) is 0. The fourth-order valence-electron chi connectivity index (χ4n) is 2.32. The van der Waals surface area contributed by atoms with Crippen LogP contribution in [0.25, 0.3) is 0 Å². The Morgan fingerprint density at radius 2 is 0.903 bits per heavy atom. The lowest BCUT2D eigenvalue weighted by atomic mass is 10.2. The Labute approximate surface area is 183 Å². The van der Waals surface area contributed by atoms with E-state index in [2.05, 4.69) is 23.7 Å². The number of benzene rings is 2. The average molecular weight is 418 g/mol. The van der Waals surface area contributed by atoms with Crippen LogP contribution in [0.4, 0.5) is 0 Å². The third-order valence-corrected chi connectivity index (χ3v) is 3.93. The maximum absolute atomic E-state index is 11.7. The summed E-state index contributed by atoms with van der Waals surface area (Å²) in [4.78, 5) is 23.4. The van der Waals surface area contributed by atoms with Crippen molar-refractivity contribution in [3.63, 3.8) is 0 Å². The van der Waals surface area contributed by atoms with Crippen LogP contribution in [0.3, 0.4) is 0 Å². The van der Waals surface area contributed by atoms with Crippen LogP contribution in [0.15, 0.2) is 60.7 Å². The van der Waals surface area contributed by atoms with Crippen LogP contribution in [-0.4, -0.2) is 51.2 Å². The molecule has 0 aromatic heterocycles. The molecule has 0 aliphatic heterocycles. The van der Waals surface area contributed by atoms with Gasteiger partial charge in [0.15, 0.2) is 0 Å². The number of carbonyl (C=O) groups is 2. The van der Waals surface area contributed by atoms with Gasteiger partial charge >= 0.3 is 0 Å². The smallest absolute Gasteiger partial charge is 0.208 e. The summed E-state index contributed by atoms with van der Waals surface area (Å²) >= 11 is 0. The summed E-state index contributed by atoms with van der Waals surface area (Å²) in [5.74, 6) is 10.6. The number of Topliss-reactive ketones (excluding diaryl/α,β-unsaturated/α-hetero) is 2. The molecule has 5 heteroatoms. The van der Waals surface area contributed by atoms with Gasteiger partial charge in [-0.2, -0.15) is 0 Å². The number of hydrogen-bond donors (Lipinski definition) is 0. The molecule has 2 aromatic carbocycles. The van der Waals surface area contributed by atoms with Crippen LogP contribution in [0.2, 0.25) is 0 Å². The van der Waals surface area contributed by atoms with Gasteiger partial charge in [0.25, 0.3) is 0 Å². The number of ether oxygens (including phenoxy) is 3. The van der Waals surface area contributed by atoms with Gasteiger partial charge in [-0.3, -0.25) is 9.59 Å². The third-order valence-electron chi connectivity index (χ3n) is 3.93. The van der Waals surface area contributed by atoms with Crippen molar-refractivity contribution >= 4 is 11.6 Å². The molecule has 0 atom stereocenters. The molecule has 0 saturated heterocycles. The second-order valence-corrected chi connectivity index (χ2v) is 6.42. The molecule has 2 rings (SSSR count). The molecule has 0 unspecified atom stereocenters. The van der Waals surface area contributed by atoms with Gasteiger partial charge in [0, 0.05) is 24.0 Å². The summed E-state index contributed by atoms with van der Waals surface area (Å²) < 4.78 is 16.1. The summed E-state index contributed by atoms with van der Waals surface area (Å²) in [6.07, 6.45) is 0.508. The Morgan fingerprint density at radius 1 is 0.548 bits per heavy atom. The summed E-state index contributed by atoms with van der Waals surface area (Å²) in [6.45, 7) is 2.24. The second kappa shape index (κ2) is 15.6. The minimum atomic E-state index is -0.152. The van der Waals surface area contributed by atoms with Crippen molar-refractivity contribution in [2.24, 2.45) is 0 Å². The fourth-order valence-corrected chi connectivity index (χ4v) is 2.32. The first-order valence-corrected chi connectivity index (χ1v) is 10.2. The highest BCUT2D eigenvalue weighted by Gasteiger charge is 1.99. The molecule has 0 aliphatic rings. The predicted octanol–water partition coefficient (Wildman–Crippen LogP) is 3.06. The predicted molar refractivity (Wildman–Crippen MR) is 118 cm³/mol. The molecule has 0 spiro atoms. The lowest BCUT2D eigenvalue weighted by molar-refractivity contribution is -0.115. The van der Waals surface area contributed by atoms with Gasteiger partial charge in [0.1, 0.15) is 0 Å². The van der Waals surface area contributed by atoms with E-state index < -0.39 is 0 Å². The van der Waals surface area contributed by atoms with Crippen molar-refractivity contribution in [3.8, 4) is 23.7 Å². The van der Waals surface area contributed by atoms with E-state index in [1.54, 1.807) is 0 Å². The van der Waals surface area contributed by atoms with Crippen LogP contribution in [-0.2, 0) is 23.8 Å². The molecule has 0 fully saturated rings. The Hall–Kier alpha value is -3.22. The molecule has 0 amide bonds. The quantitative estimate of drug-likeness (QED) is 0.392. The molecule has 0 saturated carbocycles. The molecular weight excluding hydrogens is 392 g/mol. The molecule has 2 aromatic rings. The Balaban J connectivity index is 1.40. The van der Waals surface area contributed by atoms with E-state index in [-0.39, 0.29) is 24.4 Å². The van der Waals surface area contributed by atoms with E-state index in [1.165, 1.54) is 0 Å². The zero-order valence-electron chi connectivity index (χ0n) is 17.5. The molecule has 0 heterocycles. The standard InChI is InChI=1S/C26H26O5/c27-25(13-11-23-7-3-1-4-8-23)15-17-29-19-21-31-22-20-30-18-16-26(28)14-12-24-9-5-2-6-10-24/h1-10H,15-22H2. The SMILES string of the molecule is O=C(C#Cc1ccccc1)CCOCCOCCOCCC(=O)C#Cc1ccccc1. The average Bonchev–Trinajstić information content (AvgIpc) is 2.81. The van der Waals surface area contributed by atoms with E-state index in [9.17, 15) is 9.59 Å². The zero-order chi connectivity index (χ0) is 22.0. The van der Waals surface area contributed by atoms with E-state index in [0.29, 0.717) is 39.6 Å². The molecule has 0 radical (unpaired) electrons. The van der Waals surface area contributed by atoms with Crippen molar-refractivity contribution in [2.75, 3.05) is 39.6 Å². The van der Waals surface area contributed by atoms with Crippen LogP contribution in [0, 0.1) is 23.7 Å². The molecule has 0 bridgehead atoms. The minimum Gasteiger partial charge on any atom is -0.379 e. The van der Waals surface area contributed by atoms with Crippen LogP contribution >= 0.6 is 0 Å². The van der Waals surface area contributed by atoms with E-state index in [4.69, 9.17) is 14.2 Å². The third kappa shape index (κ3) is 12.2. The first kappa shape index (κ1) is 24.1. The highest BCUT2D eigenvalue weighted by molar-refractivity contribution is 5.96. The van der Waals surface area contributed by atoms with Gasteiger partial charge in [-0.15, -0.1) is 0 Å². The van der Waals surface area contributed by atoms with E-state index in [1.807, 2.05) is 60.7 Å². The number of carbonyl (C=O) groups excluding carboxylic acids is 2. The molecule has 31 heavy (non-hydrogen) atoms. The van der Waals surface area contributed by atoms with Crippen molar-refractivity contribution in [1.29, 1.82) is 0 Å².